The molecule has 0 saturated heterocycles. The highest BCUT2D eigenvalue weighted by atomic mass is 35.5. The summed E-state index contributed by atoms with van der Waals surface area (Å²) in [5.41, 5.74) is 2.84. The summed E-state index contributed by atoms with van der Waals surface area (Å²) in [4.78, 5) is 17.8. The third-order valence-electron chi connectivity index (χ3n) is 7.86. The third kappa shape index (κ3) is 10.7. The molecule has 1 amide bonds. The monoisotopic (exact) mass is 599 g/mol. The molecular weight excluding hydrogens is 546 g/mol. The number of fused-ring (bicyclic) bond motifs is 1. The van der Waals surface area contributed by atoms with Crippen LogP contribution in [0.15, 0.2) is 24.3 Å². The summed E-state index contributed by atoms with van der Waals surface area (Å²) in [5, 5.41) is 11.5. The number of aromatic nitrogens is 4. The summed E-state index contributed by atoms with van der Waals surface area (Å²) >= 11 is 6.60. The summed E-state index contributed by atoms with van der Waals surface area (Å²) in [7, 11) is 0. The van der Waals surface area contributed by atoms with Gasteiger partial charge in [0.25, 0.3) is 5.91 Å². The maximum absolute atomic E-state index is 13.1. The van der Waals surface area contributed by atoms with Crippen molar-refractivity contribution in [2.45, 2.75) is 142 Å². The van der Waals surface area contributed by atoms with Gasteiger partial charge in [-0.3, -0.25) is 9.89 Å². The predicted octanol–water partition coefficient (Wildman–Crippen LogP) is 9.89. The van der Waals surface area contributed by atoms with Gasteiger partial charge in [-0.2, -0.15) is 4.63 Å². The first-order valence-corrected chi connectivity index (χ1v) is 16.8. The number of nitrogens with one attached hydrogen (secondary N) is 2. The van der Waals surface area contributed by atoms with Gasteiger partial charge in [-0.15, -0.1) is 5.10 Å². The Bertz CT molecular complexity index is 1210. The molecule has 2 heterocycles. The minimum Gasteiger partial charge on any atom is -0.369 e. The number of carbonyl (C=O) groups is 1. The number of ether oxygens (including phenoxy) is 1. The average molecular weight is 600 g/mol. The number of carbonyl (C=O) groups excluding carboxylic acids is 1. The summed E-state index contributed by atoms with van der Waals surface area (Å²) in [5.74, 6) is 0.440. The van der Waals surface area contributed by atoms with Crippen LogP contribution < -0.4 is 5.32 Å². The lowest BCUT2D eigenvalue weighted by molar-refractivity contribution is -0.127. The first kappa shape index (κ1) is 34.1. The SMILES string of the molecule is CCCCCCCCCCCCCCCCC(OCC)C(=O)Nc1cccc(-c2nc3c(Cl)c(C(C)(C)C)[nH]n3n2)c1. The predicted molar refractivity (Wildman–Crippen MR) is 175 cm³/mol. The molecule has 8 heteroatoms. The van der Waals surface area contributed by atoms with Crippen molar-refractivity contribution in [2.75, 3.05) is 11.9 Å². The number of unbranched alkanes of at least 4 members (excludes halogenated alkanes) is 13. The largest absolute Gasteiger partial charge is 0.369 e. The molecule has 234 valence electrons. The second-order valence-electron chi connectivity index (χ2n) is 12.6. The van der Waals surface area contributed by atoms with E-state index in [2.05, 4.69) is 48.2 Å². The second-order valence-corrected chi connectivity index (χ2v) is 13.0. The number of hydrogen-bond donors (Lipinski definition) is 2. The van der Waals surface area contributed by atoms with Crippen LogP contribution in [-0.2, 0) is 14.9 Å². The molecule has 2 N–H and O–H groups in total. The highest BCUT2D eigenvalue weighted by molar-refractivity contribution is 6.34. The minimum absolute atomic E-state index is 0.105. The Kier molecular flexibility index (Phi) is 14.4. The summed E-state index contributed by atoms with van der Waals surface area (Å²) in [6.45, 7) is 11.0. The summed E-state index contributed by atoms with van der Waals surface area (Å²) in [6, 6.07) is 7.59. The second kappa shape index (κ2) is 17.7. The van der Waals surface area contributed by atoms with E-state index in [0.29, 0.717) is 28.8 Å². The van der Waals surface area contributed by atoms with Gasteiger partial charge in [0.2, 0.25) is 0 Å². The van der Waals surface area contributed by atoms with Crippen molar-refractivity contribution in [1.82, 2.24) is 19.8 Å². The Morgan fingerprint density at radius 2 is 1.55 bits per heavy atom. The fraction of sp³-hybridized carbons (Fsp3) is 0.676. The molecule has 7 nitrogen and oxygen atoms in total. The van der Waals surface area contributed by atoms with Crippen molar-refractivity contribution >= 4 is 28.8 Å². The van der Waals surface area contributed by atoms with Crippen LogP contribution in [0.2, 0.25) is 5.02 Å². The molecule has 0 bridgehead atoms. The molecule has 0 aliphatic heterocycles. The van der Waals surface area contributed by atoms with Crippen molar-refractivity contribution < 1.29 is 9.53 Å². The van der Waals surface area contributed by atoms with Crippen LogP contribution in [0.3, 0.4) is 0 Å². The lowest BCUT2D eigenvalue weighted by Crippen LogP contribution is -2.30. The average Bonchev–Trinajstić information content (AvgIpc) is 3.52. The fourth-order valence-electron chi connectivity index (χ4n) is 5.39. The van der Waals surface area contributed by atoms with Crippen LogP contribution in [0.25, 0.3) is 17.0 Å². The van der Waals surface area contributed by atoms with E-state index in [-0.39, 0.29) is 11.3 Å². The quantitative estimate of drug-likeness (QED) is 0.127. The van der Waals surface area contributed by atoms with Crippen molar-refractivity contribution in [2.24, 2.45) is 0 Å². The molecular formula is C34H54ClN5O2. The zero-order valence-electron chi connectivity index (χ0n) is 26.7. The van der Waals surface area contributed by atoms with Crippen LogP contribution in [-0.4, -0.2) is 38.4 Å². The number of nitrogens with zero attached hydrogens (tertiary/aromatic N) is 3. The zero-order chi connectivity index (χ0) is 30.4. The van der Waals surface area contributed by atoms with Gasteiger partial charge in [0, 0.05) is 23.3 Å². The number of benzene rings is 1. The summed E-state index contributed by atoms with van der Waals surface area (Å²) < 4.78 is 7.44. The maximum atomic E-state index is 13.1. The number of amides is 1. The Labute approximate surface area is 258 Å². The first-order valence-electron chi connectivity index (χ1n) is 16.4. The normalized spacial score (nSPS) is 12.7. The number of halogens is 1. The smallest absolute Gasteiger partial charge is 0.253 e. The Hall–Kier alpha value is -2.38. The van der Waals surface area contributed by atoms with Crippen molar-refractivity contribution in [3.63, 3.8) is 0 Å². The van der Waals surface area contributed by atoms with Crippen LogP contribution in [0.5, 0.6) is 0 Å². The first-order chi connectivity index (χ1) is 20.2. The molecule has 0 radical (unpaired) electrons. The van der Waals surface area contributed by atoms with Gasteiger partial charge in [-0.1, -0.05) is 141 Å². The molecule has 3 aromatic rings. The summed E-state index contributed by atoms with van der Waals surface area (Å²) in [6.07, 6.45) is 18.7. The fourth-order valence-corrected chi connectivity index (χ4v) is 5.84. The van der Waals surface area contributed by atoms with Gasteiger partial charge in [0.05, 0.1) is 5.69 Å². The molecule has 1 atom stereocenters. The van der Waals surface area contributed by atoms with Crippen LogP contribution in [0.1, 0.15) is 137 Å². The van der Waals surface area contributed by atoms with Crippen molar-refractivity contribution in [3.05, 3.63) is 35.0 Å². The van der Waals surface area contributed by atoms with Gasteiger partial charge in [-0.05, 0) is 25.5 Å². The molecule has 3 rings (SSSR count). The van der Waals surface area contributed by atoms with Gasteiger partial charge >= 0.3 is 0 Å². The van der Waals surface area contributed by atoms with E-state index in [9.17, 15) is 4.79 Å². The molecule has 2 aromatic heterocycles. The van der Waals surface area contributed by atoms with E-state index < -0.39 is 6.10 Å². The molecule has 1 unspecified atom stereocenters. The number of aromatic amines is 1. The standard InChI is InChI=1S/C34H54ClN5O2/c1-6-8-9-10-11-12-13-14-15-16-17-18-19-20-24-28(42-7-2)33(41)36-27-23-21-22-26(25-27)31-37-32-29(35)30(34(3,4)5)38-40(32)39-31/h21-23,25,28,38H,6-20,24H2,1-5H3,(H,36,41). The number of anilines is 1. The Morgan fingerprint density at radius 1 is 0.952 bits per heavy atom. The highest BCUT2D eigenvalue weighted by Gasteiger charge is 2.24. The van der Waals surface area contributed by atoms with E-state index in [4.69, 9.17) is 16.3 Å². The van der Waals surface area contributed by atoms with E-state index in [1.165, 1.54) is 77.0 Å². The Balaban J connectivity index is 1.40. The van der Waals surface area contributed by atoms with Gasteiger partial charge in [0.1, 0.15) is 11.1 Å². The van der Waals surface area contributed by atoms with E-state index >= 15 is 0 Å². The van der Waals surface area contributed by atoms with E-state index in [1.54, 1.807) is 4.63 Å². The van der Waals surface area contributed by atoms with Gasteiger partial charge in [-0.25, -0.2) is 4.98 Å². The topological polar surface area (TPSA) is 84.3 Å². The zero-order valence-corrected chi connectivity index (χ0v) is 27.5. The molecule has 0 spiro atoms. The highest BCUT2D eigenvalue weighted by Crippen LogP contribution is 2.32. The number of hydrogen-bond acceptors (Lipinski definition) is 4. The van der Waals surface area contributed by atoms with Crippen LogP contribution in [0.4, 0.5) is 5.69 Å². The molecule has 0 saturated carbocycles. The number of H-pyrrole nitrogens is 1. The van der Waals surface area contributed by atoms with E-state index in [1.807, 2.05) is 31.2 Å². The van der Waals surface area contributed by atoms with Gasteiger partial charge in [0.15, 0.2) is 11.5 Å². The van der Waals surface area contributed by atoms with Crippen molar-refractivity contribution in [1.29, 1.82) is 0 Å². The van der Waals surface area contributed by atoms with Crippen LogP contribution >= 0.6 is 11.6 Å². The lowest BCUT2D eigenvalue weighted by atomic mass is 9.92. The Morgan fingerprint density at radius 3 is 2.10 bits per heavy atom. The van der Waals surface area contributed by atoms with Gasteiger partial charge < -0.3 is 10.1 Å². The molecule has 0 aliphatic carbocycles. The molecule has 1 aromatic carbocycles. The molecule has 42 heavy (non-hydrogen) atoms. The lowest BCUT2D eigenvalue weighted by Gasteiger charge is -2.17. The minimum atomic E-state index is -0.450. The third-order valence-corrected chi connectivity index (χ3v) is 8.22. The van der Waals surface area contributed by atoms with E-state index in [0.717, 1.165) is 30.5 Å². The molecule has 0 aliphatic rings. The number of rotatable bonds is 20. The van der Waals surface area contributed by atoms with Crippen LogP contribution in [0, 0.1) is 0 Å². The van der Waals surface area contributed by atoms with Crippen molar-refractivity contribution in [3.8, 4) is 11.4 Å². The maximum Gasteiger partial charge on any atom is 0.253 e. The molecule has 0 fully saturated rings.